The number of anilines is 2. The maximum Gasteiger partial charge on any atom is 0.224 e. The van der Waals surface area contributed by atoms with Gasteiger partial charge in [0.15, 0.2) is 5.65 Å². The van der Waals surface area contributed by atoms with Crippen LogP contribution in [0.1, 0.15) is 0 Å². The molecule has 0 bridgehead atoms. The van der Waals surface area contributed by atoms with E-state index in [0.29, 0.717) is 26.6 Å². The highest BCUT2D eigenvalue weighted by Crippen LogP contribution is 2.33. The van der Waals surface area contributed by atoms with Crippen LogP contribution < -0.4 is 11.5 Å². The van der Waals surface area contributed by atoms with Gasteiger partial charge in [0.25, 0.3) is 0 Å². The second kappa shape index (κ2) is 3.83. The maximum absolute atomic E-state index is 6.30. The van der Waals surface area contributed by atoms with Crippen LogP contribution in [0, 0.1) is 0 Å². The number of nitrogen functional groups attached to an aromatic ring is 2. The summed E-state index contributed by atoms with van der Waals surface area (Å²) in [5.74, 6) is 0.275. The van der Waals surface area contributed by atoms with Gasteiger partial charge >= 0.3 is 0 Å². The van der Waals surface area contributed by atoms with Crippen LogP contribution in [0.15, 0.2) is 18.2 Å². The molecule has 0 aliphatic rings. The molecule has 0 radical (unpaired) electrons. The van der Waals surface area contributed by atoms with Gasteiger partial charge in [-0.1, -0.05) is 23.2 Å². The van der Waals surface area contributed by atoms with Crippen LogP contribution in [0.3, 0.4) is 0 Å². The van der Waals surface area contributed by atoms with Gasteiger partial charge in [-0.2, -0.15) is 9.97 Å². The third kappa shape index (κ3) is 1.60. The van der Waals surface area contributed by atoms with Crippen LogP contribution in [0.4, 0.5) is 11.8 Å². The highest BCUT2D eigenvalue weighted by molar-refractivity contribution is 6.41. The van der Waals surface area contributed by atoms with Crippen molar-refractivity contribution in [3.05, 3.63) is 28.2 Å². The average Bonchev–Trinajstić information content (AvgIpc) is 2.27. The number of hydrogen-bond acceptors (Lipinski definition) is 5. The summed E-state index contributed by atoms with van der Waals surface area (Å²) in [5, 5.41) is 2.26. The minimum atomic E-state index is 0.0601. The molecule has 3 aromatic rings. The van der Waals surface area contributed by atoms with Crippen LogP contribution >= 0.6 is 23.2 Å². The topological polar surface area (TPSA) is 90.7 Å². The molecule has 0 spiro atoms. The van der Waals surface area contributed by atoms with Crippen molar-refractivity contribution in [2.75, 3.05) is 11.5 Å². The summed E-state index contributed by atoms with van der Waals surface area (Å²) in [5.41, 5.74) is 12.3. The lowest BCUT2D eigenvalue weighted by atomic mass is 10.2. The molecule has 18 heavy (non-hydrogen) atoms. The van der Waals surface area contributed by atoms with Crippen molar-refractivity contribution in [3.8, 4) is 0 Å². The molecule has 0 aliphatic carbocycles. The van der Waals surface area contributed by atoms with Crippen LogP contribution in [-0.2, 0) is 0 Å². The Morgan fingerprint density at radius 1 is 1.00 bits per heavy atom. The number of nitrogens with zero attached hydrogens (tertiary/aromatic N) is 3. The lowest BCUT2D eigenvalue weighted by molar-refractivity contribution is 1.22. The molecular weight excluding hydrogens is 273 g/mol. The summed E-state index contributed by atoms with van der Waals surface area (Å²) >= 11 is 12.2. The minimum absolute atomic E-state index is 0.0601. The standard InChI is InChI=1S/C11H7Cl2N5/c12-4-1-2-5-6(3-4)16-10-7(8(5)13)9(14)17-11(15)18-10/h1-3H,(H4,14,15,16,17,18). The number of fused-ring (bicyclic) bond motifs is 2. The van der Waals surface area contributed by atoms with E-state index in [9.17, 15) is 0 Å². The van der Waals surface area contributed by atoms with Crippen molar-refractivity contribution < 1.29 is 0 Å². The summed E-state index contributed by atoms with van der Waals surface area (Å²) in [6.45, 7) is 0. The normalized spacial score (nSPS) is 11.2. The summed E-state index contributed by atoms with van der Waals surface area (Å²) < 4.78 is 0. The Bertz CT molecular complexity index is 787. The van der Waals surface area contributed by atoms with E-state index in [-0.39, 0.29) is 11.8 Å². The Labute approximate surface area is 112 Å². The number of nitrogens with two attached hydrogens (primary N) is 2. The Morgan fingerprint density at radius 2 is 1.78 bits per heavy atom. The van der Waals surface area contributed by atoms with Crippen LogP contribution in [0.2, 0.25) is 10.0 Å². The van der Waals surface area contributed by atoms with Crippen LogP contribution in [-0.4, -0.2) is 15.0 Å². The fourth-order valence-corrected chi connectivity index (χ4v) is 2.31. The fraction of sp³-hybridized carbons (Fsp3) is 0. The first kappa shape index (κ1) is 11.3. The molecule has 0 aliphatic heterocycles. The molecule has 0 fully saturated rings. The SMILES string of the molecule is Nc1nc(N)c2c(Cl)c3ccc(Cl)cc3nc2n1. The highest BCUT2D eigenvalue weighted by atomic mass is 35.5. The van der Waals surface area contributed by atoms with Crippen molar-refractivity contribution in [2.24, 2.45) is 0 Å². The van der Waals surface area contributed by atoms with Gasteiger partial charge < -0.3 is 11.5 Å². The van der Waals surface area contributed by atoms with Crippen molar-refractivity contribution >= 4 is 56.9 Å². The second-order valence-electron chi connectivity index (χ2n) is 3.75. The van der Waals surface area contributed by atoms with Gasteiger partial charge in [-0.25, -0.2) is 4.98 Å². The molecular formula is C11H7Cl2N5. The molecule has 4 N–H and O–H groups in total. The summed E-state index contributed by atoms with van der Waals surface area (Å²) in [4.78, 5) is 12.2. The van der Waals surface area contributed by atoms with Crippen molar-refractivity contribution in [1.82, 2.24) is 15.0 Å². The molecule has 3 rings (SSSR count). The molecule has 0 atom stereocenters. The molecule has 90 valence electrons. The van der Waals surface area contributed by atoms with E-state index in [2.05, 4.69) is 15.0 Å². The molecule has 0 unspecified atom stereocenters. The van der Waals surface area contributed by atoms with Crippen LogP contribution in [0.5, 0.6) is 0 Å². The fourth-order valence-electron chi connectivity index (χ4n) is 1.81. The van der Waals surface area contributed by atoms with Gasteiger partial charge in [0.2, 0.25) is 5.95 Å². The van der Waals surface area contributed by atoms with E-state index in [1.54, 1.807) is 18.2 Å². The van der Waals surface area contributed by atoms with E-state index in [1.807, 2.05) is 0 Å². The third-order valence-corrected chi connectivity index (χ3v) is 3.20. The lowest BCUT2D eigenvalue weighted by Crippen LogP contribution is -2.02. The largest absolute Gasteiger partial charge is 0.383 e. The smallest absolute Gasteiger partial charge is 0.224 e. The number of benzene rings is 1. The number of halogens is 2. The van der Waals surface area contributed by atoms with Gasteiger partial charge in [-0.05, 0) is 18.2 Å². The van der Waals surface area contributed by atoms with E-state index in [1.165, 1.54) is 0 Å². The summed E-state index contributed by atoms with van der Waals surface area (Å²) in [6.07, 6.45) is 0. The molecule has 0 amide bonds. The first-order valence-corrected chi connectivity index (χ1v) is 5.79. The highest BCUT2D eigenvalue weighted by Gasteiger charge is 2.13. The van der Waals surface area contributed by atoms with Gasteiger partial charge in [-0.3, -0.25) is 0 Å². The van der Waals surface area contributed by atoms with E-state index in [0.717, 1.165) is 5.39 Å². The van der Waals surface area contributed by atoms with Crippen molar-refractivity contribution in [2.45, 2.75) is 0 Å². The Kier molecular flexibility index (Phi) is 2.39. The number of aromatic nitrogens is 3. The Morgan fingerprint density at radius 3 is 2.56 bits per heavy atom. The molecule has 0 saturated carbocycles. The summed E-state index contributed by atoms with van der Waals surface area (Å²) in [6, 6.07) is 5.22. The zero-order valence-corrected chi connectivity index (χ0v) is 10.5. The van der Waals surface area contributed by atoms with Crippen LogP contribution in [0.25, 0.3) is 21.9 Å². The predicted octanol–water partition coefficient (Wildman–Crippen LogP) is 2.65. The van der Waals surface area contributed by atoms with Gasteiger partial charge in [-0.15, -0.1) is 0 Å². The number of hydrogen-bond donors (Lipinski definition) is 2. The Hall–Kier alpha value is -1.85. The second-order valence-corrected chi connectivity index (χ2v) is 4.57. The van der Waals surface area contributed by atoms with Gasteiger partial charge in [0.05, 0.1) is 15.9 Å². The number of pyridine rings is 1. The molecule has 7 heteroatoms. The van der Waals surface area contributed by atoms with E-state index < -0.39 is 0 Å². The molecule has 2 heterocycles. The maximum atomic E-state index is 6.30. The monoisotopic (exact) mass is 279 g/mol. The third-order valence-electron chi connectivity index (χ3n) is 2.58. The minimum Gasteiger partial charge on any atom is -0.383 e. The lowest BCUT2D eigenvalue weighted by Gasteiger charge is -2.07. The number of rotatable bonds is 0. The van der Waals surface area contributed by atoms with Gasteiger partial charge in [0, 0.05) is 10.4 Å². The summed E-state index contributed by atoms with van der Waals surface area (Å²) in [7, 11) is 0. The van der Waals surface area contributed by atoms with Gasteiger partial charge in [0.1, 0.15) is 5.82 Å². The zero-order valence-electron chi connectivity index (χ0n) is 8.98. The average molecular weight is 280 g/mol. The molecule has 1 aromatic carbocycles. The first-order valence-electron chi connectivity index (χ1n) is 5.03. The van der Waals surface area contributed by atoms with Crippen molar-refractivity contribution in [1.29, 1.82) is 0 Å². The molecule has 2 aromatic heterocycles. The molecule has 0 saturated heterocycles. The Balaban J connectivity index is 2.56. The van der Waals surface area contributed by atoms with E-state index >= 15 is 0 Å². The molecule has 5 nitrogen and oxygen atoms in total. The quantitative estimate of drug-likeness (QED) is 0.618. The van der Waals surface area contributed by atoms with Crippen molar-refractivity contribution in [3.63, 3.8) is 0 Å². The predicted molar refractivity (Wildman–Crippen MR) is 73.7 cm³/mol. The first-order chi connectivity index (χ1) is 8.56. The zero-order chi connectivity index (χ0) is 12.9. The van der Waals surface area contributed by atoms with E-state index in [4.69, 9.17) is 34.7 Å².